The molecule has 1 amide bonds. The molecule has 1 atom stereocenters. The third kappa shape index (κ3) is 6.36. The van der Waals surface area contributed by atoms with E-state index in [2.05, 4.69) is 31.3 Å². The fourth-order valence-electron chi connectivity index (χ4n) is 1.60. The van der Waals surface area contributed by atoms with E-state index in [0.29, 0.717) is 0 Å². The molecule has 7 heteroatoms. The van der Waals surface area contributed by atoms with Crippen LogP contribution in [0.25, 0.3) is 0 Å². The Bertz CT molecular complexity index is 440. The number of rotatable bonds is 6. The topological polar surface area (TPSA) is 67.4 Å². The minimum atomic E-state index is -0.388. The SMILES string of the molecule is CNCC(=O)NC(CC(=O)OC)c1ccc(Br)cc1.Cl. The highest BCUT2D eigenvalue weighted by Crippen LogP contribution is 2.20. The molecule has 112 valence electrons. The maximum absolute atomic E-state index is 11.6. The van der Waals surface area contributed by atoms with E-state index < -0.39 is 0 Å². The van der Waals surface area contributed by atoms with Crippen LogP contribution < -0.4 is 10.6 Å². The van der Waals surface area contributed by atoms with Crippen molar-refractivity contribution in [1.29, 1.82) is 0 Å². The molecule has 0 aliphatic carbocycles. The molecule has 0 saturated carbocycles. The van der Waals surface area contributed by atoms with E-state index >= 15 is 0 Å². The summed E-state index contributed by atoms with van der Waals surface area (Å²) in [5, 5.41) is 5.57. The maximum atomic E-state index is 11.6. The summed E-state index contributed by atoms with van der Waals surface area (Å²) in [4.78, 5) is 23.0. The van der Waals surface area contributed by atoms with Gasteiger partial charge in [-0.25, -0.2) is 0 Å². The van der Waals surface area contributed by atoms with Gasteiger partial charge < -0.3 is 15.4 Å². The molecule has 0 spiro atoms. The van der Waals surface area contributed by atoms with E-state index in [1.54, 1.807) is 7.05 Å². The van der Waals surface area contributed by atoms with E-state index in [-0.39, 0.29) is 43.3 Å². The number of benzene rings is 1. The summed E-state index contributed by atoms with van der Waals surface area (Å²) in [6.07, 6.45) is 0.105. The van der Waals surface area contributed by atoms with Crippen LogP contribution in [0.4, 0.5) is 0 Å². The summed E-state index contributed by atoms with van der Waals surface area (Å²) in [6.45, 7) is 0.203. The Balaban J connectivity index is 0.00000361. The lowest BCUT2D eigenvalue weighted by molar-refractivity contribution is -0.141. The van der Waals surface area contributed by atoms with Crippen molar-refractivity contribution in [2.45, 2.75) is 12.5 Å². The standard InChI is InChI=1S/C13H17BrN2O3.ClH/c1-15-8-12(17)16-11(7-13(18)19-2)9-3-5-10(14)6-4-9;/h3-6,11,15H,7-8H2,1-2H3,(H,16,17);1H. The van der Waals surface area contributed by atoms with Crippen LogP contribution in [0.15, 0.2) is 28.7 Å². The van der Waals surface area contributed by atoms with Crippen molar-refractivity contribution >= 4 is 40.2 Å². The Labute approximate surface area is 133 Å². The van der Waals surface area contributed by atoms with Crippen molar-refractivity contribution in [1.82, 2.24) is 10.6 Å². The van der Waals surface area contributed by atoms with Gasteiger partial charge in [0.2, 0.25) is 5.91 Å². The molecule has 0 aliphatic heterocycles. The Kier molecular flexibility index (Phi) is 9.20. The highest BCUT2D eigenvalue weighted by molar-refractivity contribution is 9.10. The van der Waals surface area contributed by atoms with E-state index in [1.807, 2.05) is 24.3 Å². The number of likely N-dealkylation sites (N-methyl/N-ethyl adjacent to an activating group) is 1. The van der Waals surface area contributed by atoms with Gasteiger partial charge in [0.15, 0.2) is 0 Å². The number of esters is 1. The third-order valence-electron chi connectivity index (χ3n) is 2.54. The van der Waals surface area contributed by atoms with Crippen molar-refractivity contribution in [3.05, 3.63) is 34.3 Å². The van der Waals surface area contributed by atoms with Gasteiger partial charge >= 0.3 is 5.97 Å². The Morgan fingerprint density at radius 3 is 2.40 bits per heavy atom. The first kappa shape index (κ1) is 18.9. The van der Waals surface area contributed by atoms with Crippen LogP contribution in [0.3, 0.4) is 0 Å². The lowest BCUT2D eigenvalue weighted by Gasteiger charge is -2.18. The number of hydrogen-bond donors (Lipinski definition) is 2. The monoisotopic (exact) mass is 364 g/mol. The minimum Gasteiger partial charge on any atom is -0.469 e. The molecular weight excluding hydrogens is 348 g/mol. The van der Waals surface area contributed by atoms with Gasteiger partial charge in [0.25, 0.3) is 0 Å². The number of nitrogens with one attached hydrogen (secondary N) is 2. The Morgan fingerprint density at radius 2 is 1.90 bits per heavy atom. The fourth-order valence-corrected chi connectivity index (χ4v) is 1.87. The highest BCUT2D eigenvalue weighted by atomic mass is 79.9. The average Bonchev–Trinajstić information content (AvgIpc) is 2.39. The van der Waals surface area contributed by atoms with Crippen LogP contribution in [0.2, 0.25) is 0 Å². The molecule has 2 N–H and O–H groups in total. The molecule has 1 aromatic rings. The molecule has 0 fully saturated rings. The van der Waals surface area contributed by atoms with Gasteiger partial charge in [0.05, 0.1) is 26.1 Å². The first-order valence-corrected chi connectivity index (χ1v) is 6.62. The molecule has 5 nitrogen and oxygen atoms in total. The second-order valence-electron chi connectivity index (χ2n) is 3.98. The molecule has 0 aliphatic rings. The van der Waals surface area contributed by atoms with Crippen LogP contribution in [-0.4, -0.2) is 32.6 Å². The molecule has 1 rings (SSSR count). The Morgan fingerprint density at radius 1 is 1.30 bits per heavy atom. The second-order valence-corrected chi connectivity index (χ2v) is 4.90. The lowest BCUT2D eigenvalue weighted by atomic mass is 10.0. The number of hydrogen-bond acceptors (Lipinski definition) is 4. The van der Waals surface area contributed by atoms with E-state index in [4.69, 9.17) is 0 Å². The van der Waals surface area contributed by atoms with E-state index in [0.717, 1.165) is 10.0 Å². The summed E-state index contributed by atoms with van der Waals surface area (Å²) in [7, 11) is 3.02. The minimum absolute atomic E-state index is 0. The second kappa shape index (κ2) is 9.74. The number of methoxy groups -OCH3 is 1. The highest BCUT2D eigenvalue weighted by Gasteiger charge is 2.18. The molecule has 0 saturated heterocycles. The Hall–Kier alpha value is -1.11. The molecule has 0 bridgehead atoms. The molecular formula is C13H18BrClN2O3. The number of halogens is 2. The average molecular weight is 366 g/mol. The van der Waals surface area contributed by atoms with Gasteiger partial charge in [0.1, 0.15) is 0 Å². The predicted molar refractivity (Wildman–Crippen MR) is 82.8 cm³/mol. The normalized spacial score (nSPS) is 11.2. The zero-order valence-electron chi connectivity index (χ0n) is 11.3. The summed E-state index contributed by atoms with van der Waals surface area (Å²) in [6, 6.07) is 7.06. The van der Waals surface area contributed by atoms with Crippen LogP contribution in [0.5, 0.6) is 0 Å². The zero-order chi connectivity index (χ0) is 14.3. The van der Waals surface area contributed by atoms with Gasteiger partial charge in [0, 0.05) is 4.47 Å². The molecule has 0 aromatic heterocycles. The number of amides is 1. The van der Waals surface area contributed by atoms with Crippen molar-refractivity contribution < 1.29 is 14.3 Å². The van der Waals surface area contributed by atoms with Gasteiger partial charge in [-0.1, -0.05) is 28.1 Å². The number of carbonyl (C=O) groups excluding carboxylic acids is 2. The summed E-state index contributed by atoms with van der Waals surface area (Å²) < 4.78 is 5.59. The molecule has 20 heavy (non-hydrogen) atoms. The van der Waals surface area contributed by atoms with Crippen LogP contribution in [0, 0.1) is 0 Å². The third-order valence-corrected chi connectivity index (χ3v) is 3.07. The summed E-state index contributed by atoms with van der Waals surface area (Å²) >= 11 is 3.35. The van der Waals surface area contributed by atoms with Crippen molar-refractivity contribution in [3.63, 3.8) is 0 Å². The van der Waals surface area contributed by atoms with Gasteiger partial charge in [-0.2, -0.15) is 0 Å². The molecule has 0 radical (unpaired) electrons. The van der Waals surface area contributed by atoms with Crippen molar-refractivity contribution in [3.8, 4) is 0 Å². The van der Waals surface area contributed by atoms with Gasteiger partial charge in [-0.15, -0.1) is 12.4 Å². The van der Waals surface area contributed by atoms with E-state index in [9.17, 15) is 9.59 Å². The van der Waals surface area contributed by atoms with Crippen LogP contribution >= 0.6 is 28.3 Å². The predicted octanol–water partition coefficient (Wildman–Crippen LogP) is 1.81. The largest absolute Gasteiger partial charge is 0.469 e. The first-order valence-electron chi connectivity index (χ1n) is 5.83. The van der Waals surface area contributed by atoms with Crippen molar-refractivity contribution in [2.75, 3.05) is 20.7 Å². The number of ether oxygens (including phenoxy) is 1. The van der Waals surface area contributed by atoms with Gasteiger partial charge in [-0.3, -0.25) is 9.59 Å². The first-order chi connectivity index (χ1) is 9.06. The van der Waals surface area contributed by atoms with Gasteiger partial charge in [-0.05, 0) is 24.7 Å². The van der Waals surface area contributed by atoms with Crippen LogP contribution in [0.1, 0.15) is 18.0 Å². The quantitative estimate of drug-likeness (QED) is 0.755. The fraction of sp³-hybridized carbons (Fsp3) is 0.385. The zero-order valence-corrected chi connectivity index (χ0v) is 13.7. The molecule has 1 unspecified atom stereocenters. The van der Waals surface area contributed by atoms with E-state index in [1.165, 1.54) is 7.11 Å². The smallest absolute Gasteiger partial charge is 0.307 e. The van der Waals surface area contributed by atoms with Crippen LogP contribution in [-0.2, 0) is 14.3 Å². The molecule has 0 heterocycles. The van der Waals surface area contributed by atoms with Crippen molar-refractivity contribution in [2.24, 2.45) is 0 Å². The molecule has 1 aromatic carbocycles. The summed E-state index contributed by atoms with van der Waals surface area (Å²) in [5.41, 5.74) is 0.859. The maximum Gasteiger partial charge on any atom is 0.307 e. The summed E-state index contributed by atoms with van der Waals surface area (Å²) in [5.74, 6) is -0.531. The number of carbonyl (C=O) groups is 2. The lowest BCUT2D eigenvalue weighted by Crippen LogP contribution is -2.36.